The number of para-hydroxylation sites is 1. The van der Waals surface area contributed by atoms with Crippen LogP contribution in [0.2, 0.25) is 0 Å². The van der Waals surface area contributed by atoms with E-state index in [1.165, 1.54) is 31.7 Å². The predicted molar refractivity (Wildman–Crippen MR) is 209 cm³/mol. The normalized spacial score (nSPS) is 17.4. The van der Waals surface area contributed by atoms with Gasteiger partial charge in [0.2, 0.25) is 11.8 Å². The summed E-state index contributed by atoms with van der Waals surface area (Å²) in [6.45, 7) is 3.87. The lowest BCUT2D eigenvalue weighted by atomic mass is 9.84. The van der Waals surface area contributed by atoms with Crippen LogP contribution < -0.4 is 10.1 Å². The van der Waals surface area contributed by atoms with E-state index < -0.39 is 11.9 Å². The van der Waals surface area contributed by atoms with E-state index in [2.05, 4.69) is 34.5 Å². The van der Waals surface area contributed by atoms with Gasteiger partial charge in [-0.2, -0.15) is 0 Å². The molecule has 4 aromatic rings. The lowest BCUT2D eigenvalue weighted by molar-refractivity contribution is -0.137. The molecule has 1 atom stereocenters. The van der Waals surface area contributed by atoms with Crippen molar-refractivity contribution in [2.45, 2.75) is 82.7 Å². The summed E-state index contributed by atoms with van der Waals surface area (Å²) in [5.41, 5.74) is 5.12. The van der Waals surface area contributed by atoms with Crippen molar-refractivity contribution in [1.29, 1.82) is 0 Å². The van der Waals surface area contributed by atoms with Crippen molar-refractivity contribution in [3.63, 3.8) is 0 Å². The first-order valence-corrected chi connectivity index (χ1v) is 19.2. The maximum atomic E-state index is 14.5. The fraction of sp³-hybridized carbons (Fsp3) is 0.400. The van der Waals surface area contributed by atoms with Crippen LogP contribution in [0, 0.1) is 5.82 Å². The molecule has 0 saturated carbocycles. The Balaban J connectivity index is 0.000000274. The second kappa shape index (κ2) is 21.1. The Hall–Kier alpha value is -4.66. The van der Waals surface area contributed by atoms with Gasteiger partial charge in [-0.1, -0.05) is 78.9 Å². The van der Waals surface area contributed by atoms with Gasteiger partial charge in [0, 0.05) is 18.5 Å². The molecule has 0 spiro atoms. The number of halogens is 1. The maximum Gasteiger partial charge on any atom is 0.243 e. The van der Waals surface area contributed by atoms with Crippen molar-refractivity contribution in [3.8, 4) is 5.75 Å². The quantitative estimate of drug-likeness (QED) is 0.0958. The third-order valence-electron chi connectivity index (χ3n) is 10.4. The van der Waals surface area contributed by atoms with Gasteiger partial charge in [0.1, 0.15) is 17.9 Å². The Morgan fingerprint density at radius 1 is 0.811 bits per heavy atom. The van der Waals surface area contributed by atoms with Crippen molar-refractivity contribution in [2.24, 2.45) is 0 Å². The van der Waals surface area contributed by atoms with Gasteiger partial charge in [0.15, 0.2) is 0 Å². The molecular formula is C45H54FN3O4. The average molecular weight is 720 g/mol. The van der Waals surface area contributed by atoms with E-state index in [9.17, 15) is 18.8 Å². The number of hydrogen-bond acceptors (Lipinski definition) is 6. The highest BCUT2D eigenvalue weighted by molar-refractivity contribution is 6.00. The number of carbonyl (C=O) groups is 3. The minimum absolute atomic E-state index is 0.150. The van der Waals surface area contributed by atoms with Crippen LogP contribution in [-0.4, -0.2) is 67.2 Å². The van der Waals surface area contributed by atoms with Crippen LogP contribution in [0.4, 0.5) is 4.39 Å². The first kappa shape index (κ1) is 39.5. The van der Waals surface area contributed by atoms with E-state index in [4.69, 9.17) is 4.74 Å². The van der Waals surface area contributed by atoms with Crippen LogP contribution in [0.3, 0.4) is 0 Å². The number of nitrogens with one attached hydrogen (secondary N) is 1. The van der Waals surface area contributed by atoms with Crippen LogP contribution in [0.15, 0.2) is 103 Å². The summed E-state index contributed by atoms with van der Waals surface area (Å²) in [5, 5.41) is 2.39. The molecule has 1 N–H and O–H groups in total. The maximum absolute atomic E-state index is 14.5. The topological polar surface area (TPSA) is 79.0 Å². The van der Waals surface area contributed by atoms with E-state index in [1.807, 2.05) is 78.7 Å². The van der Waals surface area contributed by atoms with Crippen molar-refractivity contribution in [2.75, 3.05) is 33.3 Å². The second-order valence-electron chi connectivity index (χ2n) is 14.2. The fourth-order valence-corrected chi connectivity index (χ4v) is 7.47. The standard InChI is InChI=1S/C29H36FN3O4.C10H12.C6H6/c1-32(27-9-10-28(35)31-29(27)36)19-26-22(20-34)17-23(30)18-25(26)21-11-14-33(15-12-21)13-5-6-16-37-24-7-3-2-4-8-24;1-2-6-10-8-4-3-7-9(10)5-1;1-2-4-6-5-3-1/h2-4,7-8,17-18,20-21,27H,5-6,9-16,19H2,1H3,(H,31,35,36);1-2,5-6H,3-4,7-8H2;1-6H. The zero-order chi connectivity index (χ0) is 37.3. The lowest BCUT2D eigenvalue weighted by Gasteiger charge is -2.35. The van der Waals surface area contributed by atoms with Gasteiger partial charge in [0.05, 0.1) is 12.6 Å². The molecule has 0 radical (unpaired) electrons. The number of carbonyl (C=O) groups excluding carboxylic acids is 3. The summed E-state index contributed by atoms with van der Waals surface area (Å²) in [6.07, 6.45) is 10.6. The van der Waals surface area contributed by atoms with Gasteiger partial charge >= 0.3 is 0 Å². The minimum Gasteiger partial charge on any atom is -0.494 e. The van der Waals surface area contributed by atoms with Crippen LogP contribution in [0.5, 0.6) is 5.75 Å². The Morgan fingerprint density at radius 3 is 2.02 bits per heavy atom. The average Bonchev–Trinajstić information content (AvgIpc) is 3.20. The molecule has 2 aliphatic heterocycles. The Bertz CT molecular complexity index is 1680. The van der Waals surface area contributed by atoms with Crippen molar-refractivity contribution >= 4 is 18.1 Å². The summed E-state index contributed by atoms with van der Waals surface area (Å²) in [6, 6.07) is 33.0. The van der Waals surface area contributed by atoms with Crippen molar-refractivity contribution in [3.05, 3.63) is 137 Å². The van der Waals surface area contributed by atoms with Crippen LogP contribution >= 0.6 is 0 Å². The molecule has 7 nitrogen and oxygen atoms in total. The Labute approximate surface area is 314 Å². The molecule has 0 aromatic heterocycles. The van der Waals surface area contributed by atoms with Gasteiger partial charge < -0.3 is 9.64 Å². The van der Waals surface area contributed by atoms with Crippen molar-refractivity contribution < 1.29 is 23.5 Å². The number of benzene rings is 4. The van der Waals surface area contributed by atoms with E-state index in [0.717, 1.165) is 62.2 Å². The summed E-state index contributed by atoms with van der Waals surface area (Å²) in [5.74, 6) is 0.0495. The molecule has 2 fully saturated rings. The van der Waals surface area contributed by atoms with E-state index >= 15 is 0 Å². The number of aryl methyl sites for hydroxylation is 2. The van der Waals surface area contributed by atoms with E-state index in [-0.39, 0.29) is 24.2 Å². The highest BCUT2D eigenvalue weighted by Gasteiger charge is 2.31. The van der Waals surface area contributed by atoms with E-state index in [1.54, 1.807) is 17.2 Å². The van der Waals surface area contributed by atoms with Crippen LogP contribution in [-0.2, 0) is 29.0 Å². The van der Waals surface area contributed by atoms with E-state index in [0.29, 0.717) is 31.4 Å². The molecule has 280 valence electrons. The molecule has 1 unspecified atom stereocenters. The molecule has 7 rings (SSSR count). The summed E-state index contributed by atoms with van der Waals surface area (Å²) in [4.78, 5) is 40.0. The van der Waals surface area contributed by atoms with Gasteiger partial charge in [0.25, 0.3) is 0 Å². The molecule has 2 heterocycles. The SMILES string of the molecule is CN(Cc1c(C=O)cc(F)cc1C1CCN(CCCCOc2ccccc2)CC1)C1CCC(=O)NC1=O.c1ccc2c(c1)CCCC2.c1ccccc1. The summed E-state index contributed by atoms with van der Waals surface area (Å²) in [7, 11) is 1.81. The molecule has 53 heavy (non-hydrogen) atoms. The number of likely N-dealkylation sites (tertiary alicyclic amines) is 1. The highest BCUT2D eigenvalue weighted by atomic mass is 19.1. The lowest BCUT2D eigenvalue weighted by Crippen LogP contribution is -2.51. The Morgan fingerprint density at radius 2 is 1.42 bits per heavy atom. The third-order valence-corrected chi connectivity index (χ3v) is 10.4. The zero-order valence-corrected chi connectivity index (χ0v) is 31.1. The van der Waals surface area contributed by atoms with Gasteiger partial charge in [-0.05, 0) is 137 Å². The number of amides is 2. The monoisotopic (exact) mass is 719 g/mol. The molecule has 8 heteroatoms. The number of aldehydes is 1. The van der Waals surface area contributed by atoms with Gasteiger partial charge in [-0.25, -0.2) is 4.39 Å². The first-order chi connectivity index (χ1) is 25.9. The van der Waals surface area contributed by atoms with Crippen LogP contribution in [0.1, 0.15) is 89.9 Å². The van der Waals surface area contributed by atoms with Crippen molar-refractivity contribution in [1.82, 2.24) is 15.1 Å². The number of unbranched alkanes of at least 4 members (excludes halogenated alkanes) is 1. The number of ether oxygens (including phenoxy) is 1. The number of hydrogen-bond donors (Lipinski definition) is 1. The summed E-state index contributed by atoms with van der Waals surface area (Å²) >= 11 is 0. The predicted octanol–water partition coefficient (Wildman–Crippen LogP) is 8.17. The number of nitrogens with zero attached hydrogens (tertiary/aromatic N) is 2. The highest BCUT2D eigenvalue weighted by Crippen LogP contribution is 2.34. The largest absolute Gasteiger partial charge is 0.494 e. The van der Waals surface area contributed by atoms with Gasteiger partial charge in [-0.3, -0.25) is 24.6 Å². The zero-order valence-electron chi connectivity index (χ0n) is 31.1. The first-order valence-electron chi connectivity index (χ1n) is 19.2. The van der Waals surface area contributed by atoms with Gasteiger partial charge in [-0.15, -0.1) is 0 Å². The molecule has 0 bridgehead atoms. The number of rotatable bonds is 11. The molecule has 2 amide bonds. The molecule has 4 aromatic carbocycles. The Kier molecular flexibility index (Phi) is 15.8. The molecule has 1 aliphatic carbocycles. The second-order valence-corrected chi connectivity index (χ2v) is 14.2. The number of piperidine rings is 2. The smallest absolute Gasteiger partial charge is 0.243 e. The third kappa shape index (κ3) is 12.5. The molecule has 2 saturated heterocycles. The molecule has 3 aliphatic rings. The number of imide groups is 1. The van der Waals surface area contributed by atoms with Crippen LogP contribution in [0.25, 0.3) is 0 Å². The fourth-order valence-electron chi connectivity index (χ4n) is 7.47. The molecular weight excluding hydrogens is 666 g/mol. The number of likely N-dealkylation sites (N-methyl/N-ethyl adjacent to an activating group) is 1. The minimum atomic E-state index is -0.456. The number of fused-ring (bicyclic) bond motifs is 1. The summed E-state index contributed by atoms with van der Waals surface area (Å²) < 4.78 is 20.3.